The molecule has 0 saturated carbocycles. The van der Waals surface area contributed by atoms with Crippen molar-refractivity contribution in [3.63, 3.8) is 0 Å². The molecule has 2 aliphatic rings. The molecule has 0 amide bonds. The van der Waals surface area contributed by atoms with Crippen LogP contribution >= 0.6 is 0 Å². The van der Waals surface area contributed by atoms with Crippen LogP contribution in [0.5, 0.6) is 0 Å². The van der Waals surface area contributed by atoms with Gasteiger partial charge >= 0.3 is 51.4 Å². The minimum Gasteiger partial charge on any atom is -0.753 e. The van der Waals surface area contributed by atoms with Gasteiger partial charge in [-0.1, -0.05) is 0 Å². The number of hydrogen-bond acceptors (Lipinski definition) is 5. The van der Waals surface area contributed by atoms with Gasteiger partial charge in [0, 0.05) is 23.9 Å². The van der Waals surface area contributed by atoms with Crippen molar-refractivity contribution in [2.45, 2.75) is 62.3 Å². The van der Waals surface area contributed by atoms with Crippen molar-refractivity contribution in [1.29, 1.82) is 0 Å². The average Bonchev–Trinajstić information content (AvgIpc) is 2.19. The number of likely N-dealkylation sites (tertiary alicyclic amines) is 1. The first-order valence-corrected chi connectivity index (χ1v) is 6.84. The van der Waals surface area contributed by atoms with Gasteiger partial charge in [-0.25, -0.2) is 0 Å². The van der Waals surface area contributed by atoms with E-state index in [2.05, 4.69) is 39.6 Å². The normalized spacial score (nSPS) is 31.7. The van der Waals surface area contributed by atoms with Crippen LogP contribution in [0.25, 0.3) is 0 Å². The number of nitrogens with zero attached hydrogens (tertiary/aromatic N) is 1. The van der Waals surface area contributed by atoms with E-state index in [1.165, 1.54) is 0 Å². The Balaban J connectivity index is 0.00000180. The third kappa shape index (κ3) is 3.97. The third-order valence-electron chi connectivity index (χ3n) is 4.34. The fourth-order valence-electron chi connectivity index (χ4n) is 3.21. The molecule has 0 aromatic rings. The predicted molar refractivity (Wildman–Crippen MR) is 72.1 cm³/mol. The van der Waals surface area contributed by atoms with Gasteiger partial charge in [0.15, 0.2) is 5.79 Å². The third-order valence-corrected chi connectivity index (χ3v) is 4.58. The Bertz CT molecular complexity index is 317. The molecule has 0 bridgehead atoms. The van der Waals surface area contributed by atoms with E-state index in [0.29, 0.717) is 0 Å². The molecular weight excluding hydrogens is 289 g/mol. The summed E-state index contributed by atoms with van der Waals surface area (Å²) in [6.45, 7) is 9.10. The first-order valence-electron chi connectivity index (χ1n) is 6.43. The van der Waals surface area contributed by atoms with Crippen LogP contribution in [-0.4, -0.2) is 52.1 Å². The summed E-state index contributed by atoms with van der Waals surface area (Å²) in [5.74, 6) is -0.607. The fraction of sp³-hybridized carbons (Fsp3) is 1.00. The molecule has 2 rings (SSSR count). The van der Waals surface area contributed by atoms with E-state index in [0.717, 1.165) is 12.8 Å². The van der Waals surface area contributed by atoms with Gasteiger partial charge in [0.05, 0.1) is 13.2 Å². The van der Waals surface area contributed by atoms with Gasteiger partial charge in [0.1, 0.15) is 0 Å². The molecule has 1 spiro atoms. The number of piperidine rings is 1. The van der Waals surface area contributed by atoms with Crippen molar-refractivity contribution in [2.24, 2.45) is 0 Å². The molecule has 0 atom stereocenters. The molecule has 2 fully saturated rings. The maximum atomic E-state index is 9.76. The summed E-state index contributed by atoms with van der Waals surface area (Å²) < 4.78 is 11.7. The minimum absolute atomic E-state index is 0. The smallest absolute Gasteiger partial charge is 0.753 e. The van der Waals surface area contributed by atoms with Crippen LogP contribution in [0.3, 0.4) is 0 Å². The Labute approximate surface area is 164 Å². The first-order chi connectivity index (χ1) is 7.98. The molecule has 1 N–H and O–H groups in total. The Kier molecular flexibility index (Phi) is 5.76. The molecule has 106 valence electrons. The summed E-state index contributed by atoms with van der Waals surface area (Å²) in [4.78, 5) is 1.09. The Hall–Kier alpha value is 1.83. The zero-order valence-corrected chi connectivity index (χ0v) is 16.9. The van der Waals surface area contributed by atoms with Crippen molar-refractivity contribution in [2.75, 3.05) is 20.3 Å². The predicted octanol–water partition coefficient (Wildman–Crippen LogP) is -1.75. The van der Waals surface area contributed by atoms with Gasteiger partial charge < -0.3 is 27.2 Å². The van der Waals surface area contributed by atoms with Crippen LogP contribution in [0.2, 0.25) is 0 Å². The SMILES string of the molecule is CN1C(C)(C)CC2(CC1(C)C)OCC(O)([S-])CO2.[K+]. The summed E-state index contributed by atoms with van der Waals surface area (Å²) in [7, 11) is 2.14. The maximum Gasteiger partial charge on any atom is 1.00 e. The van der Waals surface area contributed by atoms with Crippen LogP contribution in [0, 0.1) is 0 Å². The number of rotatable bonds is 0. The summed E-state index contributed by atoms with van der Waals surface area (Å²) in [6.07, 6.45) is 1.57. The summed E-state index contributed by atoms with van der Waals surface area (Å²) >= 11 is 4.98. The average molecular weight is 314 g/mol. The molecule has 2 saturated heterocycles. The number of aliphatic hydroxyl groups is 1. The van der Waals surface area contributed by atoms with E-state index in [1.54, 1.807) is 0 Å². The van der Waals surface area contributed by atoms with E-state index in [1.807, 2.05) is 0 Å². The Morgan fingerprint density at radius 3 is 1.74 bits per heavy atom. The largest absolute Gasteiger partial charge is 1.00 e. The van der Waals surface area contributed by atoms with E-state index in [-0.39, 0.29) is 75.7 Å². The summed E-state index contributed by atoms with van der Waals surface area (Å²) in [5.41, 5.74) is -0.0304. The quantitative estimate of drug-likeness (QED) is 0.424. The second kappa shape index (κ2) is 5.79. The van der Waals surface area contributed by atoms with Gasteiger partial charge in [-0.05, 0) is 39.7 Å². The molecular formula is C13H24KNO3S. The van der Waals surface area contributed by atoms with Crippen LogP contribution in [0.15, 0.2) is 0 Å². The first kappa shape index (κ1) is 18.9. The van der Waals surface area contributed by atoms with Crippen molar-refractivity contribution >= 4 is 12.6 Å². The maximum absolute atomic E-state index is 9.76. The Morgan fingerprint density at radius 1 is 1.00 bits per heavy atom. The van der Waals surface area contributed by atoms with Crippen LogP contribution in [0.1, 0.15) is 40.5 Å². The molecule has 0 aliphatic carbocycles. The second-order valence-corrected chi connectivity index (χ2v) is 7.73. The molecule has 0 aromatic carbocycles. The Morgan fingerprint density at radius 2 is 1.37 bits per heavy atom. The summed E-state index contributed by atoms with van der Waals surface area (Å²) in [6, 6.07) is 0. The van der Waals surface area contributed by atoms with Crippen LogP contribution < -0.4 is 51.4 Å². The minimum atomic E-state index is -1.27. The molecule has 2 heterocycles. The van der Waals surface area contributed by atoms with E-state index in [4.69, 9.17) is 22.1 Å². The monoisotopic (exact) mass is 313 g/mol. The van der Waals surface area contributed by atoms with Crippen molar-refractivity contribution in [3.05, 3.63) is 0 Å². The molecule has 6 heteroatoms. The van der Waals surface area contributed by atoms with Crippen molar-refractivity contribution in [1.82, 2.24) is 4.90 Å². The zero-order chi connectivity index (χ0) is 13.8. The molecule has 0 radical (unpaired) electrons. The molecule has 19 heavy (non-hydrogen) atoms. The molecule has 4 nitrogen and oxygen atoms in total. The standard InChI is InChI=1S/C13H25NO3S.K/c1-10(2)6-13(7-11(3,4)14(10)5)16-8-12(15,18)9-17-13;/h15,18H,6-9H2,1-5H3;/q;+1/p-1. The van der Waals surface area contributed by atoms with E-state index in [9.17, 15) is 5.11 Å². The number of hydrogen-bond donors (Lipinski definition) is 1. The van der Waals surface area contributed by atoms with Crippen LogP contribution in [0.4, 0.5) is 0 Å². The van der Waals surface area contributed by atoms with Gasteiger partial charge in [-0.15, -0.1) is 0 Å². The van der Waals surface area contributed by atoms with Crippen molar-refractivity contribution in [3.8, 4) is 0 Å². The topological polar surface area (TPSA) is 41.9 Å². The van der Waals surface area contributed by atoms with Crippen LogP contribution in [-0.2, 0) is 22.1 Å². The zero-order valence-electron chi connectivity index (χ0n) is 12.9. The molecule has 0 unspecified atom stereocenters. The van der Waals surface area contributed by atoms with E-state index < -0.39 is 10.7 Å². The molecule has 0 aromatic heterocycles. The van der Waals surface area contributed by atoms with Gasteiger partial charge in [-0.3, -0.25) is 4.90 Å². The van der Waals surface area contributed by atoms with E-state index >= 15 is 0 Å². The second-order valence-electron chi connectivity index (χ2n) is 6.97. The van der Waals surface area contributed by atoms with Gasteiger partial charge in [0.2, 0.25) is 0 Å². The van der Waals surface area contributed by atoms with Gasteiger partial charge in [-0.2, -0.15) is 0 Å². The number of ether oxygens (including phenoxy) is 2. The fourth-order valence-corrected chi connectivity index (χ4v) is 3.33. The summed E-state index contributed by atoms with van der Waals surface area (Å²) in [5, 5.41) is 9.76. The van der Waals surface area contributed by atoms with Crippen molar-refractivity contribution < 1.29 is 66.0 Å². The molecule has 2 aliphatic heterocycles. The van der Waals surface area contributed by atoms with Gasteiger partial charge in [0.25, 0.3) is 0 Å².